The lowest BCUT2D eigenvalue weighted by atomic mass is 9.96. The number of hydrogen-bond acceptors (Lipinski definition) is 0. The van der Waals surface area contributed by atoms with E-state index in [0.717, 1.165) is 0 Å². The van der Waals surface area contributed by atoms with E-state index in [9.17, 15) is 0 Å². The molecule has 0 atom stereocenters. The molecule has 0 saturated heterocycles. The van der Waals surface area contributed by atoms with Crippen LogP contribution in [0.4, 0.5) is 0 Å². The van der Waals surface area contributed by atoms with Crippen molar-refractivity contribution in [3.05, 3.63) is 34.9 Å². The van der Waals surface area contributed by atoms with Crippen molar-refractivity contribution in [3.8, 4) is 0 Å². The van der Waals surface area contributed by atoms with Gasteiger partial charge in [-0.15, -0.1) is 0 Å². The van der Waals surface area contributed by atoms with Crippen LogP contribution in [0.1, 0.15) is 88.8 Å². The number of hydrogen-bond donors (Lipinski definition) is 0. The van der Waals surface area contributed by atoms with Gasteiger partial charge in [0.1, 0.15) is 0 Å². The van der Waals surface area contributed by atoms with Crippen LogP contribution in [0, 0.1) is 0 Å². The van der Waals surface area contributed by atoms with Crippen molar-refractivity contribution in [2.45, 2.75) is 91.4 Å². The number of aryl methyl sites for hydroxylation is 3. The Morgan fingerprint density at radius 3 is 1.20 bits per heavy atom. The van der Waals surface area contributed by atoms with Gasteiger partial charge in [0.2, 0.25) is 0 Å². The molecule has 0 aliphatic heterocycles. The van der Waals surface area contributed by atoms with Crippen molar-refractivity contribution in [2.75, 3.05) is 0 Å². The second kappa shape index (κ2) is 10.9. The second-order valence-corrected chi connectivity index (χ2v) is 6.18. The zero-order chi connectivity index (χ0) is 14.6. The Kier molecular flexibility index (Phi) is 9.45. The van der Waals surface area contributed by atoms with Crippen molar-refractivity contribution in [1.82, 2.24) is 0 Å². The maximum atomic E-state index is 2.47. The van der Waals surface area contributed by atoms with Crippen LogP contribution in [0.15, 0.2) is 18.2 Å². The first-order valence-electron chi connectivity index (χ1n) is 8.91. The van der Waals surface area contributed by atoms with Crippen LogP contribution in [-0.2, 0) is 19.3 Å². The molecule has 0 radical (unpaired) electrons. The molecule has 0 bridgehead atoms. The highest BCUT2D eigenvalue weighted by atomic mass is 14.1. The molecule has 0 unspecified atom stereocenters. The van der Waals surface area contributed by atoms with E-state index < -0.39 is 0 Å². The average molecular weight is 274 g/mol. The predicted molar refractivity (Wildman–Crippen MR) is 91.5 cm³/mol. The van der Waals surface area contributed by atoms with Crippen molar-refractivity contribution < 1.29 is 0 Å². The smallest absolute Gasteiger partial charge is 0.0279 e. The zero-order valence-electron chi connectivity index (χ0n) is 14.0. The van der Waals surface area contributed by atoms with Gasteiger partial charge in [0, 0.05) is 0 Å². The maximum Gasteiger partial charge on any atom is -0.0279 e. The third-order valence-corrected chi connectivity index (χ3v) is 4.07. The molecular formula is C20H34. The molecule has 20 heavy (non-hydrogen) atoms. The lowest BCUT2D eigenvalue weighted by molar-refractivity contribution is 0.706. The summed E-state index contributed by atoms with van der Waals surface area (Å²) in [5.41, 5.74) is 4.74. The Morgan fingerprint density at radius 1 is 0.500 bits per heavy atom. The fourth-order valence-corrected chi connectivity index (χ4v) is 2.81. The first kappa shape index (κ1) is 17.3. The highest BCUT2D eigenvalue weighted by Crippen LogP contribution is 2.17. The van der Waals surface area contributed by atoms with Gasteiger partial charge in [0.05, 0.1) is 0 Å². The molecule has 0 heterocycles. The molecule has 1 aromatic carbocycles. The van der Waals surface area contributed by atoms with E-state index in [0.29, 0.717) is 0 Å². The predicted octanol–water partition coefficient (Wildman–Crippen LogP) is 6.49. The molecule has 0 aliphatic rings. The second-order valence-electron chi connectivity index (χ2n) is 6.18. The normalized spacial score (nSPS) is 10.9. The molecule has 0 N–H and O–H groups in total. The summed E-state index contributed by atoms with van der Waals surface area (Å²) in [6, 6.07) is 7.41. The lowest BCUT2D eigenvalue weighted by Crippen LogP contribution is -1.95. The Morgan fingerprint density at radius 2 is 0.850 bits per heavy atom. The van der Waals surface area contributed by atoms with Gasteiger partial charge in [0.25, 0.3) is 0 Å². The van der Waals surface area contributed by atoms with Gasteiger partial charge in [-0.2, -0.15) is 0 Å². The van der Waals surface area contributed by atoms with Crippen LogP contribution in [0.3, 0.4) is 0 Å². The third kappa shape index (κ3) is 7.12. The SMILES string of the molecule is CCCCCc1cc(CCCC)cc(CCCCC)c1. The Hall–Kier alpha value is -0.780. The highest BCUT2D eigenvalue weighted by molar-refractivity contribution is 5.30. The van der Waals surface area contributed by atoms with E-state index in [1.807, 2.05) is 0 Å². The lowest BCUT2D eigenvalue weighted by Gasteiger charge is -2.10. The van der Waals surface area contributed by atoms with Crippen LogP contribution < -0.4 is 0 Å². The van der Waals surface area contributed by atoms with E-state index in [-0.39, 0.29) is 0 Å². The summed E-state index contributed by atoms with van der Waals surface area (Å²) in [5, 5.41) is 0. The summed E-state index contributed by atoms with van der Waals surface area (Å²) in [5.74, 6) is 0. The van der Waals surface area contributed by atoms with Gasteiger partial charge in [-0.1, -0.05) is 71.1 Å². The van der Waals surface area contributed by atoms with Crippen LogP contribution in [0.25, 0.3) is 0 Å². The van der Waals surface area contributed by atoms with Gasteiger partial charge >= 0.3 is 0 Å². The van der Waals surface area contributed by atoms with Crippen molar-refractivity contribution in [2.24, 2.45) is 0 Å². The topological polar surface area (TPSA) is 0 Å². The standard InChI is InChI=1S/C20H34/c1-4-7-10-13-19-15-18(12-9-6-3)16-20(17-19)14-11-8-5-2/h15-17H,4-14H2,1-3H3. The van der Waals surface area contributed by atoms with E-state index in [2.05, 4.69) is 39.0 Å². The highest BCUT2D eigenvalue weighted by Gasteiger charge is 2.02. The van der Waals surface area contributed by atoms with E-state index in [1.165, 1.54) is 70.6 Å². The largest absolute Gasteiger partial charge is 0.0654 e. The molecule has 0 nitrogen and oxygen atoms in total. The summed E-state index contributed by atoms with van der Waals surface area (Å²) in [6.45, 7) is 6.86. The number of unbranched alkanes of at least 4 members (excludes halogenated alkanes) is 5. The first-order chi connectivity index (χ1) is 9.80. The summed E-state index contributed by atoms with van der Waals surface area (Å²) in [4.78, 5) is 0. The van der Waals surface area contributed by atoms with Gasteiger partial charge in [0.15, 0.2) is 0 Å². The fraction of sp³-hybridized carbons (Fsp3) is 0.700. The van der Waals surface area contributed by atoms with Crippen LogP contribution in [0.5, 0.6) is 0 Å². The third-order valence-electron chi connectivity index (χ3n) is 4.07. The van der Waals surface area contributed by atoms with Crippen molar-refractivity contribution >= 4 is 0 Å². The molecule has 0 aromatic heterocycles. The molecule has 0 heteroatoms. The van der Waals surface area contributed by atoms with Crippen LogP contribution in [-0.4, -0.2) is 0 Å². The van der Waals surface area contributed by atoms with E-state index >= 15 is 0 Å². The molecule has 0 fully saturated rings. The van der Waals surface area contributed by atoms with Gasteiger partial charge in [-0.05, 0) is 55.2 Å². The molecule has 0 spiro atoms. The van der Waals surface area contributed by atoms with Gasteiger partial charge in [-0.25, -0.2) is 0 Å². The van der Waals surface area contributed by atoms with Crippen LogP contribution in [0.2, 0.25) is 0 Å². The zero-order valence-corrected chi connectivity index (χ0v) is 14.0. The average Bonchev–Trinajstić information content (AvgIpc) is 2.46. The molecular weight excluding hydrogens is 240 g/mol. The quantitative estimate of drug-likeness (QED) is 0.404. The van der Waals surface area contributed by atoms with Crippen LogP contribution >= 0.6 is 0 Å². The van der Waals surface area contributed by atoms with E-state index in [1.54, 1.807) is 16.7 Å². The maximum absolute atomic E-state index is 2.47. The number of benzene rings is 1. The summed E-state index contributed by atoms with van der Waals surface area (Å²) in [6.07, 6.45) is 14.5. The summed E-state index contributed by atoms with van der Waals surface area (Å²) < 4.78 is 0. The van der Waals surface area contributed by atoms with Gasteiger partial charge < -0.3 is 0 Å². The minimum Gasteiger partial charge on any atom is -0.0654 e. The Bertz CT molecular complexity index is 323. The van der Waals surface area contributed by atoms with Gasteiger partial charge in [-0.3, -0.25) is 0 Å². The minimum absolute atomic E-state index is 1.26. The molecule has 0 saturated carbocycles. The fourth-order valence-electron chi connectivity index (χ4n) is 2.81. The minimum atomic E-state index is 1.26. The monoisotopic (exact) mass is 274 g/mol. The van der Waals surface area contributed by atoms with E-state index in [4.69, 9.17) is 0 Å². The first-order valence-corrected chi connectivity index (χ1v) is 8.91. The Labute approximate surface area is 127 Å². The van der Waals surface area contributed by atoms with Crippen molar-refractivity contribution in [1.29, 1.82) is 0 Å². The molecule has 0 aliphatic carbocycles. The number of rotatable bonds is 11. The molecule has 1 aromatic rings. The molecule has 114 valence electrons. The van der Waals surface area contributed by atoms with Crippen molar-refractivity contribution in [3.63, 3.8) is 0 Å². The molecule has 0 amide bonds. The Balaban J connectivity index is 2.67. The molecule has 1 rings (SSSR count). The summed E-state index contributed by atoms with van der Waals surface area (Å²) in [7, 11) is 0. The summed E-state index contributed by atoms with van der Waals surface area (Å²) >= 11 is 0.